The average Bonchev–Trinajstić information content (AvgIpc) is 3.49. The number of carbonyl (C=O) groups excluding carboxylic acids is 1. The van der Waals surface area contributed by atoms with Crippen molar-refractivity contribution in [2.45, 2.75) is 13.8 Å². The van der Waals surface area contributed by atoms with Gasteiger partial charge >= 0.3 is 0 Å². The van der Waals surface area contributed by atoms with Gasteiger partial charge in [0.15, 0.2) is 10.9 Å². The van der Waals surface area contributed by atoms with Crippen molar-refractivity contribution < 1.29 is 9.21 Å². The van der Waals surface area contributed by atoms with Crippen LogP contribution in [0.3, 0.4) is 0 Å². The summed E-state index contributed by atoms with van der Waals surface area (Å²) < 4.78 is 5.69. The first-order chi connectivity index (χ1) is 17.3. The number of hydrogen-bond acceptors (Lipinski definition) is 5. The van der Waals surface area contributed by atoms with Gasteiger partial charge in [0.2, 0.25) is 0 Å². The quantitative estimate of drug-likeness (QED) is 0.248. The smallest absolute Gasteiger partial charge is 0.293 e. The number of benzene rings is 3. The van der Waals surface area contributed by atoms with Gasteiger partial charge in [0.05, 0.1) is 15.7 Å². The van der Waals surface area contributed by atoms with Gasteiger partial charge in [-0.2, -0.15) is 4.80 Å². The Labute approximate surface area is 222 Å². The monoisotopic (exact) mass is 535 g/mol. The van der Waals surface area contributed by atoms with Gasteiger partial charge in [0, 0.05) is 11.3 Å². The van der Waals surface area contributed by atoms with Gasteiger partial charge in [0.25, 0.3) is 5.91 Å². The minimum atomic E-state index is -0.499. The fraction of sp³-hybridized carbons (Fsp3) is 0.0769. The van der Waals surface area contributed by atoms with Crippen LogP contribution in [0.2, 0.25) is 10.0 Å². The van der Waals surface area contributed by atoms with E-state index in [-0.39, 0.29) is 10.9 Å². The van der Waals surface area contributed by atoms with Crippen molar-refractivity contribution in [2.24, 2.45) is 0 Å². The minimum Gasteiger partial charge on any atom is -0.451 e. The summed E-state index contributed by atoms with van der Waals surface area (Å²) in [4.78, 5) is 14.3. The summed E-state index contributed by atoms with van der Waals surface area (Å²) in [7, 11) is 0. The third-order valence-electron chi connectivity index (χ3n) is 5.51. The van der Waals surface area contributed by atoms with Crippen LogP contribution in [0, 0.1) is 13.8 Å². The highest BCUT2D eigenvalue weighted by molar-refractivity contribution is 7.80. The van der Waals surface area contributed by atoms with Crippen molar-refractivity contribution in [1.82, 2.24) is 20.3 Å². The predicted molar refractivity (Wildman–Crippen MR) is 146 cm³/mol. The average molecular weight is 536 g/mol. The second-order valence-corrected chi connectivity index (χ2v) is 9.35. The summed E-state index contributed by atoms with van der Waals surface area (Å²) in [5, 5.41) is 15.7. The van der Waals surface area contributed by atoms with E-state index < -0.39 is 5.91 Å². The Balaban J connectivity index is 1.30. The first kappa shape index (κ1) is 24.0. The van der Waals surface area contributed by atoms with Gasteiger partial charge in [-0.05, 0) is 80.2 Å². The van der Waals surface area contributed by atoms with Gasteiger partial charge in [-0.15, -0.1) is 10.2 Å². The molecule has 0 saturated carbocycles. The van der Waals surface area contributed by atoms with E-state index in [0.717, 1.165) is 22.3 Å². The molecule has 2 heterocycles. The Kier molecular flexibility index (Phi) is 6.49. The molecule has 36 heavy (non-hydrogen) atoms. The number of rotatable bonds is 4. The van der Waals surface area contributed by atoms with E-state index in [0.29, 0.717) is 32.6 Å². The van der Waals surface area contributed by atoms with Crippen molar-refractivity contribution in [3.8, 4) is 17.0 Å². The summed E-state index contributed by atoms with van der Waals surface area (Å²) in [6.45, 7) is 3.95. The molecule has 2 N–H and O–H groups in total. The molecule has 0 bridgehead atoms. The zero-order valence-corrected chi connectivity index (χ0v) is 21.5. The minimum absolute atomic E-state index is 0.0819. The molecule has 0 aliphatic carbocycles. The highest BCUT2D eigenvalue weighted by Crippen LogP contribution is 2.34. The number of halogens is 2. The summed E-state index contributed by atoms with van der Waals surface area (Å²) in [5.74, 6) is 0.00356. The van der Waals surface area contributed by atoms with Crippen LogP contribution in [0.15, 0.2) is 71.1 Å². The fourth-order valence-corrected chi connectivity index (χ4v) is 4.21. The van der Waals surface area contributed by atoms with Gasteiger partial charge in [-0.3, -0.25) is 10.1 Å². The second kappa shape index (κ2) is 9.73. The maximum Gasteiger partial charge on any atom is 0.293 e. The lowest BCUT2D eigenvalue weighted by Crippen LogP contribution is -2.34. The van der Waals surface area contributed by atoms with Crippen LogP contribution < -0.4 is 10.6 Å². The number of carbonyl (C=O) groups is 1. The Morgan fingerprint density at radius 2 is 1.69 bits per heavy atom. The Morgan fingerprint density at radius 3 is 2.44 bits per heavy atom. The number of fused-ring (bicyclic) bond motifs is 1. The van der Waals surface area contributed by atoms with Gasteiger partial charge in [-0.1, -0.05) is 47.0 Å². The molecule has 5 aromatic rings. The topological polar surface area (TPSA) is 85.0 Å². The number of aryl methyl sites for hydroxylation is 2. The molecule has 0 unspecified atom stereocenters. The molecule has 0 aliphatic heterocycles. The number of furan rings is 1. The SMILES string of the molecule is Cc1ccc(-n2nc3cc(C)c(NC(=S)NC(=O)c4ccc(-c5cccc(Cl)c5Cl)o4)cc3n2)cc1. The zero-order chi connectivity index (χ0) is 25.4. The summed E-state index contributed by atoms with van der Waals surface area (Å²) in [6.07, 6.45) is 0. The Hall–Kier alpha value is -3.72. The molecule has 0 saturated heterocycles. The lowest BCUT2D eigenvalue weighted by atomic mass is 10.2. The fourth-order valence-electron chi connectivity index (χ4n) is 3.61. The molecule has 180 valence electrons. The molecule has 0 radical (unpaired) electrons. The van der Waals surface area contributed by atoms with Crippen molar-refractivity contribution >= 4 is 63.2 Å². The van der Waals surface area contributed by atoms with E-state index in [4.69, 9.17) is 39.8 Å². The third-order valence-corrected chi connectivity index (χ3v) is 6.54. The van der Waals surface area contributed by atoms with Crippen molar-refractivity contribution in [3.63, 3.8) is 0 Å². The van der Waals surface area contributed by atoms with Gasteiger partial charge in [0.1, 0.15) is 16.8 Å². The van der Waals surface area contributed by atoms with Crippen LogP contribution in [-0.4, -0.2) is 26.0 Å². The molecule has 1 amide bonds. The summed E-state index contributed by atoms with van der Waals surface area (Å²) in [5.41, 5.74) is 5.64. The van der Waals surface area contributed by atoms with Crippen molar-refractivity contribution in [2.75, 3.05) is 5.32 Å². The van der Waals surface area contributed by atoms with Crippen molar-refractivity contribution in [3.05, 3.63) is 93.7 Å². The molecule has 7 nitrogen and oxygen atoms in total. The second-order valence-electron chi connectivity index (χ2n) is 8.15. The maximum absolute atomic E-state index is 12.7. The van der Waals surface area contributed by atoms with Crippen LogP contribution in [0.1, 0.15) is 21.7 Å². The standard InChI is InChI=1S/C26H19Cl2N5O2S/c1-14-6-8-16(9-7-14)33-31-20-12-15(2)19(13-21(20)32-33)29-26(36)30-25(34)23-11-10-22(35-23)17-4-3-5-18(27)24(17)28/h3-13H,1-2H3,(H2,29,30,34,36). The largest absolute Gasteiger partial charge is 0.451 e. The summed E-state index contributed by atoms with van der Waals surface area (Å²) >= 11 is 17.7. The molecule has 0 atom stereocenters. The maximum atomic E-state index is 12.7. The van der Waals surface area contributed by atoms with E-state index in [1.807, 2.05) is 50.2 Å². The molecule has 0 spiro atoms. The Morgan fingerprint density at radius 1 is 0.972 bits per heavy atom. The van der Waals surface area contributed by atoms with Crippen LogP contribution in [-0.2, 0) is 0 Å². The van der Waals surface area contributed by atoms with Crippen LogP contribution in [0.4, 0.5) is 5.69 Å². The number of thiocarbonyl (C=S) groups is 1. The molecule has 0 fully saturated rings. The number of anilines is 1. The summed E-state index contributed by atoms with van der Waals surface area (Å²) in [6, 6.07) is 20.1. The van der Waals surface area contributed by atoms with Crippen LogP contribution in [0.5, 0.6) is 0 Å². The number of nitrogens with one attached hydrogen (secondary N) is 2. The number of amides is 1. The van der Waals surface area contributed by atoms with Crippen LogP contribution >= 0.6 is 35.4 Å². The molecular formula is C26H19Cl2N5O2S. The highest BCUT2D eigenvalue weighted by atomic mass is 35.5. The molecular weight excluding hydrogens is 517 g/mol. The van der Waals surface area contributed by atoms with E-state index in [2.05, 4.69) is 20.8 Å². The first-order valence-electron chi connectivity index (χ1n) is 10.9. The lowest BCUT2D eigenvalue weighted by molar-refractivity contribution is 0.0951. The van der Waals surface area contributed by atoms with E-state index in [9.17, 15) is 4.79 Å². The first-order valence-corrected chi connectivity index (χ1v) is 12.1. The number of hydrogen-bond donors (Lipinski definition) is 2. The predicted octanol–water partition coefficient (Wildman–Crippen LogP) is 6.73. The number of nitrogens with zero attached hydrogens (tertiary/aromatic N) is 3. The highest BCUT2D eigenvalue weighted by Gasteiger charge is 2.17. The third kappa shape index (κ3) is 4.83. The van der Waals surface area contributed by atoms with Crippen LogP contribution in [0.25, 0.3) is 28.0 Å². The molecule has 0 aliphatic rings. The van der Waals surface area contributed by atoms with E-state index >= 15 is 0 Å². The van der Waals surface area contributed by atoms with Gasteiger partial charge in [-0.25, -0.2) is 0 Å². The normalized spacial score (nSPS) is 11.0. The molecule has 10 heteroatoms. The Bertz CT molecular complexity index is 1630. The number of aromatic nitrogens is 3. The molecule has 3 aromatic carbocycles. The van der Waals surface area contributed by atoms with E-state index in [1.165, 1.54) is 0 Å². The molecule has 5 rings (SSSR count). The zero-order valence-electron chi connectivity index (χ0n) is 19.2. The molecule has 2 aromatic heterocycles. The van der Waals surface area contributed by atoms with E-state index in [1.54, 1.807) is 35.1 Å². The van der Waals surface area contributed by atoms with Crippen molar-refractivity contribution in [1.29, 1.82) is 0 Å². The van der Waals surface area contributed by atoms with Gasteiger partial charge < -0.3 is 9.73 Å². The lowest BCUT2D eigenvalue weighted by Gasteiger charge is -2.11.